The van der Waals surface area contributed by atoms with E-state index < -0.39 is 0.564 Å². The maximum Gasteiger partial charge on any atom is 0.278 e. The van der Waals surface area contributed by atoms with E-state index in [0.29, 0.717) is 0 Å². The third kappa shape index (κ3) is 4.64. The molecule has 0 aromatic rings. The van der Waals surface area contributed by atoms with E-state index in [9.17, 15) is 0 Å². The molecule has 0 atom stereocenters. The number of rotatable bonds is 1. The summed E-state index contributed by atoms with van der Waals surface area (Å²) in [7, 11) is 0. The summed E-state index contributed by atoms with van der Waals surface area (Å²) in [5, 5.41) is 1.34. The maximum absolute atomic E-state index is 3.87. The molecule has 0 radical (unpaired) electrons. The molecule has 0 heterocycles. The van der Waals surface area contributed by atoms with Crippen LogP contribution in [-0.2, 0) is 0 Å². The summed E-state index contributed by atoms with van der Waals surface area (Å²) in [6.45, 7) is 5.96. The Hall–Kier alpha value is 2.15. The van der Waals surface area contributed by atoms with Crippen molar-refractivity contribution in [3.63, 3.8) is 0 Å². The quantitative estimate of drug-likeness (QED) is 0.327. The SMILES string of the molecule is C=C(C)[Si](I)(I)I. The average molecular weight is 450 g/mol. The lowest BCUT2D eigenvalue weighted by Crippen LogP contribution is -2.05. The van der Waals surface area contributed by atoms with E-state index in [2.05, 4.69) is 78.9 Å². The Morgan fingerprint density at radius 2 is 1.57 bits per heavy atom. The van der Waals surface area contributed by atoms with Crippen molar-refractivity contribution in [2.45, 2.75) is 6.92 Å². The molecular weight excluding hydrogens is 445 g/mol. The Bertz CT molecular complexity index is 82.7. The first kappa shape index (κ1) is 9.15. The van der Waals surface area contributed by atoms with Crippen LogP contribution in [0.3, 0.4) is 0 Å². The second kappa shape index (κ2) is 3.35. The van der Waals surface area contributed by atoms with Crippen LogP contribution in [0.5, 0.6) is 0 Å². The Morgan fingerprint density at radius 1 is 1.43 bits per heavy atom. The van der Waals surface area contributed by atoms with Gasteiger partial charge in [-0.05, 0) is 6.92 Å². The van der Waals surface area contributed by atoms with E-state index in [0.717, 1.165) is 0 Å². The van der Waals surface area contributed by atoms with Crippen LogP contribution in [0.2, 0.25) is 0 Å². The predicted octanol–water partition coefficient (Wildman–Crippen LogP) is 3.35. The molecule has 0 saturated heterocycles. The van der Waals surface area contributed by atoms with Crippen LogP contribution in [0, 0.1) is 0 Å². The molecule has 42 valence electrons. The van der Waals surface area contributed by atoms with Gasteiger partial charge in [-0.25, -0.2) is 0 Å². The van der Waals surface area contributed by atoms with Gasteiger partial charge in [-0.15, -0.1) is 6.58 Å². The van der Waals surface area contributed by atoms with E-state index in [-0.39, 0.29) is 0 Å². The van der Waals surface area contributed by atoms with Gasteiger partial charge >= 0.3 is 0 Å². The number of hydrogen-bond acceptors (Lipinski definition) is 0. The van der Waals surface area contributed by atoms with Crippen LogP contribution in [0.15, 0.2) is 11.8 Å². The lowest BCUT2D eigenvalue weighted by molar-refractivity contribution is 1.71. The van der Waals surface area contributed by atoms with Crippen LogP contribution in [0.1, 0.15) is 6.92 Å². The first-order valence-electron chi connectivity index (χ1n) is 1.67. The van der Waals surface area contributed by atoms with E-state index in [1.54, 1.807) is 0 Å². The van der Waals surface area contributed by atoms with Gasteiger partial charge in [0.15, 0.2) is 0 Å². The standard InChI is InChI=1S/C3H5I3Si/c1-3(2)7(4,5)6/h1H2,2H3. The van der Waals surface area contributed by atoms with E-state index in [1.807, 2.05) is 0 Å². The zero-order valence-electron chi connectivity index (χ0n) is 3.84. The van der Waals surface area contributed by atoms with Crippen LogP contribution < -0.4 is 0 Å². The lowest BCUT2D eigenvalue weighted by atomic mass is 10.8. The van der Waals surface area contributed by atoms with Crippen molar-refractivity contribution in [2.75, 3.05) is 0 Å². The Morgan fingerprint density at radius 3 is 1.57 bits per heavy atom. The minimum Gasteiger partial charge on any atom is -0.102 e. The molecule has 0 fully saturated rings. The molecular formula is C3H5I3Si. The second-order valence-electron chi connectivity index (χ2n) is 1.28. The summed E-state index contributed by atoms with van der Waals surface area (Å²) in [5.74, 6) is 0. The Labute approximate surface area is 83.2 Å². The fourth-order valence-electron chi connectivity index (χ4n) is 0. The molecule has 0 bridgehead atoms. The number of hydrogen-bond donors (Lipinski definition) is 0. The van der Waals surface area contributed by atoms with Crippen molar-refractivity contribution in [3.8, 4) is 0 Å². The number of allylic oxidation sites excluding steroid dienone is 1. The van der Waals surface area contributed by atoms with E-state index in [1.165, 1.54) is 5.20 Å². The summed E-state index contributed by atoms with van der Waals surface area (Å²) < 4.78 is -1.02. The minimum absolute atomic E-state index is 1.02. The summed E-state index contributed by atoms with van der Waals surface area (Å²) in [6.07, 6.45) is 0. The van der Waals surface area contributed by atoms with Gasteiger partial charge < -0.3 is 0 Å². The highest BCUT2D eigenvalue weighted by Gasteiger charge is 2.21. The first-order chi connectivity index (χ1) is 2.94. The lowest BCUT2D eigenvalue weighted by Gasteiger charge is -2.05. The summed E-state index contributed by atoms with van der Waals surface area (Å²) in [4.78, 5) is 0. The monoisotopic (exact) mass is 450 g/mol. The smallest absolute Gasteiger partial charge is 0.102 e. The van der Waals surface area contributed by atoms with Crippen molar-refractivity contribution in [1.29, 1.82) is 0 Å². The largest absolute Gasteiger partial charge is 0.278 e. The van der Waals surface area contributed by atoms with Crippen molar-refractivity contribution >= 4 is 66.0 Å². The molecule has 0 aliphatic heterocycles. The molecule has 0 aromatic heterocycles. The normalized spacial score (nSPS) is 11.4. The highest BCUT2D eigenvalue weighted by atomic mass is 127. The molecule has 0 unspecified atom stereocenters. The van der Waals surface area contributed by atoms with Crippen LogP contribution >= 0.6 is 65.4 Å². The maximum atomic E-state index is 3.87. The zero-order valence-corrected chi connectivity index (χ0v) is 11.3. The molecule has 0 N–H and O–H groups in total. The molecule has 0 aromatic carbocycles. The van der Waals surface area contributed by atoms with Crippen molar-refractivity contribution in [2.24, 2.45) is 0 Å². The summed E-state index contributed by atoms with van der Waals surface area (Å²) in [6, 6.07) is 0. The van der Waals surface area contributed by atoms with Gasteiger partial charge in [0.05, 0.1) is 0 Å². The third-order valence-electron chi connectivity index (χ3n) is 0.484. The van der Waals surface area contributed by atoms with Gasteiger partial charge in [0.1, 0.15) is 0 Å². The number of halogens is 3. The highest BCUT2D eigenvalue weighted by Crippen LogP contribution is 2.35. The fraction of sp³-hybridized carbons (Fsp3) is 0.333. The fourth-order valence-corrected chi connectivity index (χ4v) is 0. The van der Waals surface area contributed by atoms with Crippen molar-refractivity contribution in [1.82, 2.24) is 0 Å². The molecule has 7 heavy (non-hydrogen) atoms. The minimum atomic E-state index is -1.02. The zero-order chi connectivity index (χ0) is 6.08. The molecule has 0 rings (SSSR count). The van der Waals surface area contributed by atoms with Gasteiger partial charge in [0, 0.05) is 0 Å². The molecule has 0 saturated carbocycles. The molecule has 0 nitrogen and oxygen atoms in total. The summed E-state index contributed by atoms with van der Waals surface area (Å²) >= 11 is 7.44. The second-order valence-corrected chi connectivity index (χ2v) is 36.3. The van der Waals surface area contributed by atoms with Crippen LogP contribution in [-0.4, -0.2) is 0.564 Å². The Balaban J connectivity index is 3.79. The Kier molecular flexibility index (Phi) is 4.38. The molecule has 0 aliphatic rings. The van der Waals surface area contributed by atoms with Crippen LogP contribution in [0.4, 0.5) is 0 Å². The first-order valence-corrected chi connectivity index (χ1v) is 13.0. The van der Waals surface area contributed by atoms with Gasteiger partial charge in [-0.3, -0.25) is 0 Å². The molecule has 4 heteroatoms. The van der Waals surface area contributed by atoms with Gasteiger partial charge in [0.25, 0.3) is 0.564 Å². The van der Waals surface area contributed by atoms with E-state index >= 15 is 0 Å². The van der Waals surface area contributed by atoms with Gasteiger partial charge in [-0.1, -0.05) is 70.6 Å². The van der Waals surface area contributed by atoms with E-state index in [4.69, 9.17) is 0 Å². The van der Waals surface area contributed by atoms with Crippen molar-refractivity contribution < 1.29 is 0 Å². The van der Waals surface area contributed by atoms with Crippen LogP contribution in [0.25, 0.3) is 0 Å². The highest BCUT2D eigenvalue weighted by molar-refractivity contribution is 14.4. The topological polar surface area (TPSA) is 0 Å². The summed E-state index contributed by atoms with van der Waals surface area (Å²) in [5.41, 5.74) is 0. The molecule has 0 spiro atoms. The molecule has 0 amide bonds. The van der Waals surface area contributed by atoms with Gasteiger partial charge in [0.2, 0.25) is 0 Å². The van der Waals surface area contributed by atoms with Gasteiger partial charge in [-0.2, -0.15) is 0 Å². The molecule has 0 aliphatic carbocycles. The van der Waals surface area contributed by atoms with Crippen molar-refractivity contribution in [3.05, 3.63) is 11.8 Å². The third-order valence-corrected chi connectivity index (χ3v) is 9.74. The average Bonchev–Trinajstić information content (AvgIpc) is 1.31. The predicted molar refractivity (Wildman–Crippen MR) is 62.6 cm³/mol.